The van der Waals surface area contributed by atoms with E-state index in [2.05, 4.69) is 4.74 Å². The monoisotopic (exact) mass is 495 g/mol. The number of aromatic nitrogens is 1. The number of hydrogen-bond acceptors (Lipinski definition) is 5. The SMILES string of the molecule is C#COC(=O)CC(O)C(c1c(-c2ccc(F)cc2C)cc(-c2ccccc2)nc1C(C)C)[PH](=O)O. The van der Waals surface area contributed by atoms with Gasteiger partial charge in [-0.3, -0.25) is 14.3 Å². The van der Waals surface area contributed by atoms with E-state index in [1.165, 1.54) is 12.1 Å². The lowest BCUT2D eigenvalue weighted by Gasteiger charge is -2.27. The summed E-state index contributed by atoms with van der Waals surface area (Å²) in [6.45, 7) is 5.50. The van der Waals surface area contributed by atoms with E-state index in [0.29, 0.717) is 33.6 Å². The molecule has 0 aliphatic carbocycles. The van der Waals surface area contributed by atoms with Crippen molar-refractivity contribution in [1.29, 1.82) is 0 Å². The van der Waals surface area contributed by atoms with Crippen LogP contribution < -0.4 is 0 Å². The van der Waals surface area contributed by atoms with Crippen LogP contribution in [0, 0.1) is 25.3 Å². The van der Waals surface area contributed by atoms with Crippen molar-refractivity contribution >= 4 is 14.0 Å². The van der Waals surface area contributed by atoms with Gasteiger partial charge in [-0.15, -0.1) is 0 Å². The fraction of sp³-hybridized carbons (Fsp3) is 0.259. The van der Waals surface area contributed by atoms with Crippen LogP contribution >= 0.6 is 8.03 Å². The number of ether oxygens (including phenoxy) is 1. The van der Waals surface area contributed by atoms with Gasteiger partial charge in [-0.25, -0.2) is 4.39 Å². The molecule has 3 aromatic rings. The Balaban J connectivity index is 2.35. The Bertz CT molecular complexity index is 1290. The number of aryl methyl sites for hydroxylation is 1. The summed E-state index contributed by atoms with van der Waals surface area (Å²) in [6.07, 6.45) is 4.60. The predicted molar refractivity (Wildman–Crippen MR) is 133 cm³/mol. The predicted octanol–water partition coefficient (Wildman–Crippen LogP) is 5.38. The van der Waals surface area contributed by atoms with Crippen molar-refractivity contribution in [2.45, 2.75) is 44.9 Å². The third kappa shape index (κ3) is 6.04. The molecule has 0 aliphatic rings. The summed E-state index contributed by atoms with van der Waals surface area (Å²) in [5.74, 6) is -1.52. The molecule has 3 atom stereocenters. The van der Waals surface area contributed by atoms with Gasteiger partial charge in [-0.1, -0.05) is 56.7 Å². The van der Waals surface area contributed by atoms with Crippen molar-refractivity contribution < 1.29 is 28.5 Å². The van der Waals surface area contributed by atoms with Crippen molar-refractivity contribution in [3.05, 3.63) is 77.2 Å². The zero-order chi connectivity index (χ0) is 25.7. The van der Waals surface area contributed by atoms with Crippen LogP contribution in [0.5, 0.6) is 0 Å². The lowest BCUT2D eigenvalue weighted by Crippen LogP contribution is -2.23. The Kier molecular flexibility index (Phi) is 8.58. The zero-order valence-corrected chi connectivity index (χ0v) is 20.7. The largest absolute Gasteiger partial charge is 0.391 e. The molecule has 1 heterocycles. The van der Waals surface area contributed by atoms with E-state index >= 15 is 0 Å². The number of aliphatic hydroxyl groups is 1. The van der Waals surface area contributed by atoms with Crippen molar-refractivity contribution in [2.75, 3.05) is 0 Å². The Morgan fingerprint density at radius 3 is 2.43 bits per heavy atom. The van der Waals surface area contributed by atoms with E-state index in [-0.39, 0.29) is 5.92 Å². The van der Waals surface area contributed by atoms with E-state index in [9.17, 15) is 23.7 Å². The smallest absolute Gasteiger partial charge is 0.322 e. The molecule has 0 fully saturated rings. The van der Waals surface area contributed by atoms with Gasteiger partial charge >= 0.3 is 5.97 Å². The van der Waals surface area contributed by atoms with Gasteiger partial charge in [0.1, 0.15) is 11.9 Å². The number of carbonyl (C=O) groups excluding carboxylic acids is 1. The molecule has 35 heavy (non-hydrogen) atoms. The van der Waals surface area contributed by atoms with Crippen LogP contribution in [-0.2, 0) is 14.1 Å². The van der Waals surface area contributed by atoms with Gasteiger partial charge in [0, 0.05) is 11.3 Å². The van der Waals surface area contributed by atoms with Gasteiger partial charge in [-0.2, -0.15) is 0 Å². The lowest BCUT2D eigenvalue weighted by molar-refractivity contribution is -0.139. The summed E-state index contributed by atoms with van der Waals surface area (Å²) < 4.78 is 31.1. The second-order valence-electron chi connectivity index (χ2n) is 8.51. The summed E-state index contributed by atoms with van der Waals surface area (Å²) in [5.41, 5.74) is 2.69. The fourth-order valence-electron chi connectivity index (χ4n) is 4.13. The third-order valence-corrected chi connectivity index (χ3v) is 6.90. The maximum absolute atomic E-state index is 13.9. The molecule has 3 unspecified atom stereocenters. The molecule has 0 saturated carbocycles. The molecule has 182 valence electrons. The number of benzene rings is 2. The maximum atomic E-state index is 13.9. The highest BCUT2D eigenvalue weighted by Crippen LogP contribution is 2.49. The molecule has 0 spiro atoms. The van der Waals surface area contributed by atoms with Crippen molar-refractivity contribution in [1.82, 2.24) is 4.98 Å². The van der Waals surface area contributed by atoms with Gasteiger partial charge in [-0.05, 0) is 53.3 Å². The van der Waals surface area contributed by atoms with Crippen LogP contribution in [0.4, 0.5) is 4.39 Å². The minimum atomic E-state index is -3.44. The van der Waals surface area contributed by atoms with E-state index in [0.717, 1.165) is 5.56 Å². The highest BCUT2D eigenvalue weighted by molar-refractivity contribution is 7.38. The van der Waals surface area contributed by atoms with Crippen LogP contribution in [0.3, 0.4) is 0 Å². The molecule has 2 N–H and O–H groups in total. The van der Waals surface area contributed by atoms with Crippen LogP contribution in [0.1, 0.15) is 48.7 Å². The lowest BCUT2D eigenvalue weighted by atomic mass is 9.87. The molecule has 0 amide bonds. The molecule has 2 aromatic carbocycles. The summed E-state index contributed by atoms with van der Waals surface area (Å²) in [4.78, 5) is 27.1. The van der Waals surface area contributed by atoms with Gasteiger partial charge < -0.3 is 14.7 Å². The van der Waals surface area contributed by atoms with Crippen molar-refractivity contribution in [3.63, 3.8) is 0 Å². The summed E-state index contributed by atoms with van der Waals surface area (Å²) in [6, 6.07) is 15.4. The Morgan fingerprint density at radius 1 is 1.17 bits per heavy atom. The highest BCUT2D eigenvalue weighted by Gasteiger charge is 2.34. The number of carbonyl (C=O) groups is 1. The normalized spacial score (nSPS) is 13.7. The minimum Gasteiger partial charge on any atom is -0.391 e. The number of halogens is 1. The second kappa shape index (κ2) is 11.4. The van der Waals surface area contributed by atoms with E-state index < -0.39 is 38.0 Å². The molecule has 6 nitrogen and oxygen atoms in total. The number of rotatable bonds is 8. The number of pyridine rings is 1. The third-order valence-electron chi connectivity index (χ3n) is 5.69. The molecule has 0 bridgehead atoms. The van der Waals surface area contributed by atoms with Gasteiger partial charge in [0.05, 0.1) is 23.9 Å². The molecule has 0 aliphatic heterocycles. The maximum Gasteiger partial charge on any atom is 0.322 e. The Morgan fingerprint density at radius 2 is 1.86 bits per heavy atom. The van der Waals surface area contributed by atoms with E-state index in [1.807, 2.05) is 44.2 Å². The molecule has 1 aromatic heterocycles. The van der Waals surface area contributed by atoms with Crippen LogP contribution in [0.25, 0.3) is 22.4 Å². The topological polar surface area (TPSA) is 96.7 Å². The van der Waals surface area contributed by atoms with Gasteiger partial charge in [0.25, 0.3) is 0 Å². The minimum absolute atomic E-state index is 0.207. The van der Waals surface area contributed by atoms with Crippen molar-refractivity contribution in [3.8, 4) is 34.9 Å². The van der Waals surface area contributed by atoms with Crippen molar-refractivity contribution in [2.24, 2.45) is 0 Å². The summed E-state index contributed by atoms with van der Waals surface area (Å²) in [7, 11) is -3.44. The number of nitrogens with zero attached hydrogens (tertiary/aromatic N) is 1. The number of esters is 1. The summed E-state index contributed by atoms with van der Waals surface area (Å²) >= 11 is 0. The first-order chi connectivity index (χ1) is 16.6. The summed E-state index contributed by atoms with van der Waals surface area (Å²) in [5, 5.41) is 10.9. The number of hydrogen-bond donors (Lipinski definition) is 2. The van der Waals surface area contributed by atoms with Gasteiger partial charge in [0.2, 0.25) is 0 Å². The quantitative estimate of drug-likeness (QED) is 0.248. The van der Waals surface area contributed by atoms with Crippen LogP contribution in [-0.4, -0.2) is 27.1 Å². The number of aliphatic hydroxyl groups excluding tert-OH is 1. The van der Waals surface area contributed by atoms with E-state index in [1.54, 1.807) is 25.2 Å². The molecule has 0 radical (unpaired) electrons. The first kappa shape index (κ1) is 26.3. The molecule has 8 heteroatoms. The standard InChI is InChI=1S/C27H27FNO5P/c1-5-34-24(31)15-23(30)27(35(32)33)25-21(20-12-11-19(28)13-17(20)4)14-22(29-26(25)16(2)3)18-9-7-6-8-10-18/h1,6-14,16,23,27,30,35H,15H2,2-4H3,(H,32,33). The molecule has 3 rings (SSSR count). The first-order valence-electron chi connectivity index (χ1n) is 11.1. The molecule has 0 saturated heterocycles. The second-order valence-corrected chi connectivity index (χ2v) is 9.81. The number of terminal acetylenes is 1. The molecular weight excluding hydrogens is 468 g/mol. The van der Waals surface area contributed by atoms with E-state index in [4.69, 9.17) is 11.4 Å². The van der Waals surface area contributed by atoms with Gasteiger partial charge in [0.15, 0.2) is 8.03 Å². The zero-order valence-electron chi connectivity index (χ0n) is 19.7. The first-order valence-corrected chi connectivity index (χ1v) is 12.5. The Labute approximate surface area is 204 Å². The molecular formula is C27H27FNO5P. The average Bonchev–Trinajstić information content (AvgIpc) is 2.79. The van der Waals surface area contributed by atoms with Crippen LogP contribution in [0.15, 0.2) is 54.6 Å². The highest BCUT2D eigenvalue weighted by atomic mass is 31.1. The average molecular weight is 495 g/mol. The van der Waals surface area contributed by atoms with Crippen LogP contribution in [0.2, 0.25) is 0 Å². The Hall–Kier alpha value is -3.30. The fourth-order valence-corrected chi connectivity index (χ4v) is 5.12.